The zero-order valence-corrected chi connectivity index (χ0v) is 23.0. The van der Waals surface area contributed by atoms with Gasteiger partial charge in [-0.25, -0.2) is 0 Å². The SMILES string of the molecule is Bc1ccc2c(N3C[C@H](CN4CC5(C4)OCc4cc(N6CC(C)(N)C6)ccc45)O[C@H](C)C3)ccc(C#N)c2n1. The smallest absolute Gasteiger partial charge is 0.163 e. The first kappa shape index (κ1) is 24.9. The Morgan fingerprint density at radius 3 is 2.69 bits per heavy atom. The van der Waals surface area contributed by atoms with Crippen LogP contribution in [0.2, 0.25) is 0 Å². The van der Waals surface area contributed by atoms with Crippen LogP contribution in [0.3, 0.4) is 0 Å². The molecule has 5 heterocycles. The molecule has 2 aromatic carbocycles. The molecular weight excluding hydrogens is 487 g/mol. The molecule has 3 saturated heterocycles. The molecule has 0 bridgehead atoms. The molecule has 2 N–H and O–H groups in total. The first-order valence-electron chi connectivity index (χ1n) is 14.0. The van der Waals surface area contributed by atoms with Gasteiger partial charge in [-0.05, 0) is 60.9 Å². The predicted octanol–water partition coefficient (Wildman–Crippen LogP) is 1.24. The Balaban J connectivity index is 1.04. The van der Waals surface area contributed by atoms with E-state index in [9.17, 15) is 5.26 Å². The van der Waals surface area contributed by atoms with Crippen molar-refractivity contribution in [1.29, 1.82) is 5.26 Å². The van der Waals surface area contributed by atoms with Crippen LogP contribution < -0.4 is 21.1 Å². The van der Waals surface area contributed by atoms with Crippen LogP contribution in [0.25, 0.3) is 10.9 Å². The number of hydrogen-bond acceptors (Lipinski definition) is 8. The fourth-order valence-electron chi connectivity index (χ4n) is 7.01. The molecule has 0 radical (unpaired) electrons. The number of benzene rings is 2. The monoisotopic (exact) mass is 522 g/mol. The second-order valence-electron chi connectivity index (χ2n) is 12.4. The van der Waals surface area contributed by atoms with Crippen molar-refractivity contribution in [3.8, 4) is 6.07 Å². The molecule has 4 aliphatic heterocycles. The van der Waals surface area contributed by atoms with E-state index in [1.807, 2.05) is 20.0 Å². The molecule has 0 amide bonds. The standard InChI is InChI=1S/C30H35BN6O2/c1-19-11-36(26-7-3-20(10-32)28-24(26)5-8-27(31)34-28)13-23(39-19)12-35-17-30(18-35)25-6-4-22(9-21(25)14-38-30)37-15-29(2,33)16-37/h3-9,19,23H,11-18,31,33H2,1-2H3/t19-,23+/m1/s1. The quantitative estimate of drug-likeness (QED) is 0.512. The lowest BCUT2D eigenvalue weighted by Crippen LogP contribution is -2.65. The average Bonchev–Trinajstić information content (AvgIpc) is 3.25. The van der Waals surface area contributed by atoms with Crippen LogP contribution in [0.5, 0.6) is 0 Å². The highest BCUT2D eigenvalue weighted by molar-refractivity contribution is 6.31. The van der Waals surface area contributed by atoms with Gasteiger partial charge in [0.2, 0.25) is 0 Å². The number of fused-ring (bicyclic) bond motifs is 3. The van der Waals surface area contributed by atoms with E-state index in [1.165, 1.54) is 16.8 Å². The first-order chi connectivity index (χ1) is 18.7. The molecule has 8 nitrogen and oxygen atoms in total. The topological polar surface area (TPSA) is 90.9 Å². The number of morpholine rings is 1. The molecule has 1 spiro atoms. The van der Waals surface area contributed by atoms with Crippen LogP contribution in [-0.4, -0.2) is 81.3 Å². The maximum absolute atomic E-state index is 9.62. The van der Waals surface area contributed by atoms with E-state index in [2.05, 4.69) is 69.9 Å². The van der Waals surface area contributed by atoms with Gasteiger partial charge >= 0.3 is 0 Å². The molecule has 1 aromatic heterocycles. The number of nitrogens with zero attached hydrogens (tertiary/aromatic N) is 5. The number of likely N-dealkylation sites (tertiary alicyclic amines) is 1. The lowest BCUT2D eigenvalue weighted by Gasteiger charge is -2.50. The summed E-state index contributed by atoms with van der Waals surface area (Å²) >= 11 is 0. The van der Waals surface area contributed by atoms with E-state index >= 15 is 0 Å². The third kappa shape index (κ3) is 4.27. The van der Waals surface area contributed by atoms with Crippen molar-refractivity contribution in [3.63, 3.8) is 0 Å². The molecule has 3 fully saturated rings. The van der Waals surface area contributed by atoms with Gasteiger partial charge in [0.25, 0.3) is 0 Å². The van der Waals surface area contributed by atoms with E-state index in [1.54, 1.807) is 0 Å². The van der Waals surface area contributed by atoms with Crippen molar-refractivity contribution in [2.24, 2.45) is 5.73 Å². The highest BCUT2D eigenvalue weighted by Gasteiger charge is 2.50. The number of pyridine rings is 1. The molecule has 9 heteroatoms. The molecule has 3 aromatic rings. The van der Waals surface area contributed by atoms with Crippen molar-refractivity contribution >= 4 is 35.7 Å². The van der Waals surface area contributed by atoms with Gasteiger partial charge in [0, 0.05) is 68.1 Å². The van der Waals surface area contributed by atoms with Gasteiger partial charge in [-0.3, -0.25) is 9.88 Å². The highest BCUT2D eigenvalue weighted by atomic mass is 16.5. The zero-order chi connectivity index (χ0) is 26.9. The lowest BCUT2D eigenvalue weighted by atomic mass is 9.84. The number of rotatable bonds is 4. The second-order valence-corrected chi connectivity index (χ2v) is 12.4. The van der Waals surface area contributed by atoms with Gasteiger partial charge in [-0.2, -0.15) is 5.26 Å². The molecule has 7 rings (SSSR count). The minimum Gasteiger partial charge on any atom is -0.370 e. The van der Waals surface area contributed by atoms with Crippen LogP contribution in [0.15, 0.2) is 42.5 Å². The number of ether oxygens (including phenoxy) is 2. The Bertz CT molecular complexity index is 1490. The normalized spacial score (nSPS) is 25.3. The van der Waals surface area contributed by atoms with E-state index in [0.717, 1.165) is 68.0 Å². The number of anilines is 2. The first-order valence-corrected chi connectivity index (χ1v) is 14.0. The summed E-state index contributed by atoms with van der Waals surface area (Å²) in [6, 6.07) is 17.2. The van der Waals surface area contributed by atoms with Crippen LogP contribution in [-0.2, 0) is 21.7 Å². The van der Waals surface area contributed by atoms with Crippen molar-refractivity contribution in [3.05, 3.63) is 59.2 Å². The third-order valence-electron chi connectivity index (χ3n) is 8.73. The molecule has 200 valence electrons. The van der Waals surface area contributed by atoms with E-state index < -0.39 is 0 Å². The third-order valence-corrected chi connectivity index (χ3v) is 8.73. The van der Waals surface area contributed by atoms with Crippen molar-refractivity contribution in [2.45, 2.75) is 43.8 Å². The lowest BCUT2D eigenvalue weighted by molar-refractivity contribution is -0.155. The van der Waals surface area contributed by atoms with Crippen molar-refractivity contribution in [1.82, 2.24) is 9.88 Å². The summed E-state index contributed by atoms with van der Waals surface area (Å²) in [4.78, 5) is 11.9. The number of aromatic nitrogens is 1. The summed E-state index contributed by atoms with van der Waals surface area (Å²) in [7, 11) is 1.97. The highest BCUT2D eigenvalue weighted by Crippen LogP contribution is 2.45. The van der Waals surface area contributed by atoms with Crippen molar-refractivity contribution < 1.29 is 9.47 Å². The summed E-state index contributed by atoms with van der Waals surface area (Å²) in [5.41, 5.74) is 13.3. The second kappa shape index (κ2) is 8.93. The van der Waals surface area contributed by atoms with Gasteiger partial charge in [-0.1, -0.05) is 12.1 Å². The van der Waals surface area contributed by atoms with Gasteiger partial charge in [0.15, 0.2) is 7.85 Å². The Hall–Kier alpha value is -3.16. The molecule has 39 heavy (non-hydrogen) atoms. The van der Waals surface area contributed by atoms with Gasteiger partial charge in [-0.15, -0.1) is 0 Å². The van der Waals surface area contributed by atoms with Crippen LogP contribution >= 0.6 is 0 Å². The molecule has 2 atom stereocenters. The number of nitriles is 1. The average molecular weight is 522 g/mol. The summed E-state index contributed by atoms with van der Waals surface area (Å²) < 4.78 is 12.8. The molecular formula is C30H35BN6O2. The van der Waals surface area contributed by atoms with Gasteiger partial charge < -0.3 is 25.0 Å². The van der Waals surface area contributed by atoms with Crippen molar-refractivity contribution in [2.75, 3.05) is 55.6 Å². The van der Waals surface area contributed by atoms with Gasteiger partial charge in [0.1, 0.15) is 11.7 Å². The fraction of sp³-hybridized carbons (Fsp3) is 0.467. The van der Waals surface area contributed by atoms with Crippen LogP contribution in [0.4, 0.5) is 11.4 Å². The minimum atomic E-state index is -0.196. The van der Waals surface area contributed by atoms with E-state index in [0.29, 0.717) is 12.2 Å². The minimum absolute atomic E-state index is 0.0808. The maximum Gasteiger partial charge on any atom is 0.163 e. The summed E-state index contributed by atoms with van der Waals surface area (Å²) in [6.07, 6.45) is 0.206. The Kier molecular flexibility index (Phi) is 5.69. The Labute approximate surface area is 230 Å². The van der Waals surface area contributed by atoms with Crippen LogP contribution in [0, 0.1) is 11.3 Å². The Morgan fingerprint density at radius 1 is 1.10 bits per heavy atom. The molecule has 0 saturated carbocycles. The Morgan fingerprint density at radius 2 is 1.92 bits per heavy atom. The summed E-state index contributed by atoms with van der Waals surface area (Å²) in [5.74, 6) is 0. The largest absolute Gasteiger partial charge is 0.370 e. The van der Waals surface area contributed by atoms with E-state index in [-0.39, 0.29) is 23.3 Å². The molecule has 4 aliphatic rings. The van der Waals surface area contributed by atoms with Crippen LogP contribution in [0.1, 0.15) is 30.5 Å². The number of hydrogen-bond donors (Lipinski definition) is 1. The maximum atomic E-state index is 9.62. The molecule has 0 aliphatic carbocycles. The summed E-state index contributed by atoms with van der Waals surface area (Å²) in [6.45, 7) is 11.0. The van der Waals surface area contributed by atoms with Gasteiger partial charge in [0.05, 0.1) is 29.9 Å². The fourth-order valence-corrected chi connectivity index (χ4v) is 7.01. The predicted molar refractivity (Wildman–Crippen MR) is 155 cm³/mol. The summed E-state index contributed by atoms with van der Waals surface area (Å²) in [5, 5.41) is 10.6. The molecule has 0 unspecified atom stereocenters. The number of nitrogens with two attached hydrogens (primary N) is 1. The zero-order valence-electron chi connectivity index (χ0n) is 23.0. The van der Waals surface area contributed by atoms with E-state index in [4.69, 9.17) is 15.2 Å².